The summed E-state index contributed by atoms with van der Waals surface area (Å²) < 4.78 is 7.79. The first-order chi connectivity index (χ1) is 12.2. The summed E-state index contributed by atoms with van der Waals surface area (Å²) in [5.74, 6) is 0.418. The second-order valence-electron chi connectivity index (χ2n) is 6.09. The Kier molecular flexibility index (Phi) is 5.33. The normalized spacial score (nSPS) is 10.9. The lowest BCUT2D eigenvalue weighted by atomic mass is 10.2. The summed E-state index contributed by atoms with van der Waals surface area (Å²) in [4.78, 5) is 15.6. The van der Waals surface area contributed by atoms with Gasteiger partial charge in [-0.15, -0.1) is 0 Å². The predicted octanol–water partition coefficient (Wildman–Crippen LogP) is 4.08. The topological polar surface area (TPSA) is 70.1 Å². The van der Waals surface area contributed by atoms with E-state index < -0.39 is 5.91 Å². The lowest BCUT2D eigenvalue weighted by Gasteiger charge is -2.07. The molecule has 0 radical (unpaired) electrons. The third-order valence-electron chi connectivity index (χ3n) is 4.22. The number of unbranched alkanes of at least 4 members (excludes halogenated alkanes) is 3. The van der Waals surface area contributed by atoms with E-state index in [2.05, 4.69) is 11.9 Å². The fraction of sp³-hybridized carbons (Fsp3) is 0.300. The molecule has 0 aliphatic rings. The zero-order valence-electron chi connectivity index (χ0n) is 14.4. The van der Waals surface area contributed by atoms with Crippen molar-refractivity contribution in [2.75, 3.05) is 6.61 Å². The van der Waals surface area contributed by atoms with Gasteiger partial charge in [0.25, 0.3) is 0 Å². The van der Waals surface area contributed by atoms with Gasteiger partial charge in [0.15, 0.2) is 0 Å². The van der Waals surface area contributed by atoms with Gasteiger partial charge >= 0.3 is 0 Å². The number of carbonyl (C=O) groups excluding carboxylic acids is 1. The number of rotatable bonds is 8. The number of ether oxygens (including phenoxy) is 1. The largest absolute Gasteiger partial charge is 0.494 e. The van der Waals surface area contributed by atoms with Crippen molar-refractivity contribution in [3.05, 3.63) is 54.4 Å². The van der Waals surface area contributed by atoms with Crippen LogP contribution in [0.5, 0.6) is 5.75 Å². The molecule has 0 fully saturated rings. The number of hydrogen-bond donors (Lipinski definition) is 1. The Morgan fingerprint density at radius 3 is 2.64 bits per heavy atom. The highest BCUT2D eigenvalue weighted by atomic mass is 16.5. The summed E-state index contributed by atoms with van der Waals surface area (Å²) in [7, 11) is 0. The monoisotopic (exact) mass is 337 g/mol. The van der Waals surface area contributed by atoms with E-state index in [0.29, 0.717) is 5.56 Å². The first-order valence-corrected chi connectivity index (χ1v) is 8.69. The highest BCUT2D eigenvalue weighted by Crippen LogP contribution is 2.23. The van der Waals surface area contributed by atoms with Crippen molar-refractivity contribution in [1.29, 1.82) is 0 Å². The molecular weight excluding hydrogens is 314 g/mol. The zero-order chi connectivity index (χ0) is 17.6. The highest BCUT2D eigenvalue weighted by molar-refractivity contribution is 5.93. The molecule has 1 amide bonds. The molecule has 3 aromatic rings. The maximum Gasteiger partial charge on any atom is 0.248 e. The Balaban J connectivity index is 1.74. The number of nitrogens with two attached hydrogens (primary N) is 1. The Morgan fingerprint density at radius 1 is 1.12 bits per heavy atom. The van der Waals surface area contributed by atoms with Crippen molar-refractivity contribution in [3.8, 4) is 11.4 Å². The number of carbonyl (C=O) groups is 1. The second-order valence-corrected chi connectivity index (χ2v) is 6.09. The maximum absolute atomic E-state index is 11.2. The van der Waals surface area contributed by atoms with Crippen molar-refractivity contribution < 1.29 is 9.53 Å². The molecule has 5 heteroatoms. The molecule has 0 saturated heterocycles. The zero-order valence-corrected chi connectivity index (χ0v) is 14.4. The predicted molar refractivity (Wildman–Crippen MR) is 99.2 cm³/mol. The summed E-state index contributed by atoms with van der Waals surface area (Å²) in [6.07, 6.45) is 6.53. The van der Waals surface area contributed by atoms with Crippen molar-refractivity contribution in [2.45, 2.75) is 32.6 Å². The van der Waals surface area contributed by atoms with Gasteiger partial charge in [0.05, 0.1) is 17.6 Å². The molecule has 5 nitrogen and oxygen atoms in total. The van der Waals surface area contributed by atoms with E-state index in [-0.39, 0.29) is 0 Å². The Labute approximate surface area is 147 Å². The number of hydrogen-bond acceptors (Lipinski definition) is 3. The van der Waals surface area contributed by atoms with Crippen LogP contribution in [0, 0.1) is 0 Å². The average molecular weight is 337 g/mol. The molecule has 0 atom stereocenters. The number of benzene rings is 2. The second kappa shape index (κ2) is 7.83. The van der Waals surface area contributed by atoms with Crippen LogP contribution in [0.3, 0.4) is 0 Å². The Morgan fingerprint density at radius 2 is 1.92 bits per heavy atom. The lowest BCUT2D eigenvalue weighted by molar-refractivity contribution is 0.100. The van der Waals surface area contributed by atoms with Crippen LogP contribution in [0.2, 0.25) is 0 Å². The molecule has 130 valence electrons. The molecule has 0 unspecified atom stereocenters. The van der Waals surface area contributed by atoms with Crippen LogP contribution in [0.15, 0.2) is 48.8 Å². The molecular formula is C20H23N3O2. The van der Waals surface area contributed by atoms with Gasteiger partial charge in [0.2, 0.25) is 5.91 Å². The quantitative estimate of drug-likeness (QED) is 0.630. The van der Waals surface area contributed by atoms with Crippen molar-refractivity contribution >= 4 is 16.9 Å². The molecule has 25 heavy (non-hydrogen) atoms. The fourth-order valence-electron chi connectivity index (χ4n) is 2.79. The van der Waals surface area contributed by atoms with Gasteiger partial charge in [-0.1, -0.05) is 26.2 Å². The average Bonchev–Trinajstić information content (AvgIpc) is 3.05. The number of fused-ring (bicyclic) bond motifs is 1. The first-order valence-electron chi connectivity index (χ1n) is 8.69. The van der Waals surface area contributed by atoms with E-state index in [1.807, 2.05) is 34.9 Å². The van der Waals surface area contributed by atoms with Gasteiger partial charge in [-0.25, -0.2) is 4.98 Å². The van der Waals surface area contributed by atoms with Crippen LogP contribution in [-0.2, 0) is 0 Å². The van der Waals surface area contributed by atoms with Crippen LogP contribution in [0.25, 0.3) is 16.7 Å². The molecule has 2 aromatic carbocycles. The molecule has 2 N–H and O–H groups in total. The molecule has 0 bridgehead atoms. The van der Waals surface area contributed by atoms with Crippen LogP contribution in [0.1, 0.15) is 43.0 Å². The number of imidazole rings is 1. The van der Waals surface area contributed by atoms with Gasteiger partial charge in [-0.3, -0.25) is 9.36 Å². The van der Waals surface area contributed by atoms with E-state index >= 15 is 0 Å². The summed E-state index contributed by atoms with van der Waals surface area (Å²) in [6.45, 7) is 2.94. The molecule has 0 spiro atoms. The smallest absolute Gasteiger partial charge is 0.248 e. The van der Waals surface area contributed by atoms with Crippen molar-refractivity contribution in [3.63, 3.8) is 0 Å². The number of aromatic nitrogens is 2. The number of nitrogens with zero attached hydrogens (tertiary/aromatic N) is 2. The minimum Gasteiger partial charge on any atom is -0.494 e. The third-order valence-corrected chi connectivity index (χ3v) is 4.22. The first kappa shape index (κ1) is 17.0. The SMILES string of the molecule is CCCCCCOc1ccc2c(c1)ncn2-c1ccc(C(N)=O)cc1. The van der Waals surface area contributed by atoms with Gasteiger partial charge in [-0.2, -0.15) is 0 Å². The molecule has 0 aliphatic carbocycles. The Bertz CT molecular complexity index is 853. The summed E-state index contributed by atoms with van der Waals surface area (Å²) in [6, 6.07) is 13.1. The number of amides is 1. The molecule has 0 saturated carbocycles. The molecule has 3 rings (SSSR count). The minimum absolute atomic E-state index is 0.428. The van der Waals surface area contributed by atoms with Crippen molar-refractivity contribution in [2.24, 2.45) is 5.73 Å². The molecule has 1 heterocycles. The summed E-state index contributed by atoms with van der Waals surface area (Å²) in [5, 5.41) is 0. The van der Waals surface area contributed by atoms with Crippen LogP contribution in [-0.4, -0.2) is 22.1 Å². The maximum atomic E-state index is 11.2. The van der Waals surface area contributed by atoms with Crippen LogP contribution >= 0.6 is 0 Å². The minimum atomic E-state index is -0.428. The van der Waals surface area contributed by atoms with Crippen molar-refractivity contribution in [1.82, 2.24) is 9.55 Å². The van der Waals surface area contributed by atoms with E-state index in [9.17, 15) is 4.79 Å². The van der Waals surface area contributed by atoms with Crippen LogP contribution in [0.4, 0.5) is 0 Å². The van der Waals surface area contributed by atoms with Gasteiger partial charge < -0.3 is 10.5 Å². The van der Waals surface area contributed by atoms with E-state index in [1.54, 1.807) is 18.5 Å². The third kappa shape index (κ3) is 3.99. The lowest BCUT2D eigenvalue weighted by Crippen LogP contribution is -2.10. The van der Waals surface area contributed by atoms with Gasteiger partial charge in [0, 0.05) is 17.3 Å². The summed E-state index contributed by atoms with van der Waals surface area (Å²) in [5.41, 5.74) is 8.58. The fourth-order valence-corrected chi connectivity index (χ4v) is 2.79. The standard InChI is InChI=1S/C20H23N3O2/c1-2-3-4-5-12-25-17-10-11-19-18(13-17)22-14-23(19)16-8-6-15(7-9-16)20(21)24/h6-11,13-14H,2-5,12H2,1H3,(H2,21,24). The van der Waals surface area contributed by atoms with E-state index in [1.165, 1.54) is 19.3 Å². The Hall–Kier alpha value is -2.82. The number of primary amides is 1. The van der Waals surface area contributed by atoms with Gasteiger partial charge in [0.1, 0.15) is 12.1 Å². The van der Waals surface area contributed by atoms with Gasteiger partial charge in [-0.05, 0) is 42.8 Å². The molecule has 1 aromatic heterocycles. The van der Waals surface area contributed by atoms with E-state index in [4.69, 9.17) is 10.5 Å². The van der Waals surface area contributed by atoms with Crippen LogP contribution < -0.4 is 10.5 Å². The summed E-state index contributed by atoms with van der Waals surface area (Å²) >= 11 is 0. The molecule has 0 aliphatic heterocycles. The van der Waals surface area contributed by atoms with E-state index in [0.717, 1.165) is 35.5 Å². The highest BCUT2D eigenvalue weighted by Gasteiger charge is 2.07.